The molecule has 0 fully saturated rings. The summed E-state index contributed by atoms with van der Waals surface area (Å²) in [4.78, 5) is 12.8. The SMILES string of the molecule is CCCCc1ccc2c3[n+](ccc2c1)C(CC)(CC)C([n+]1ccccc1C(=O)OC)=Cc1ccccc1-3. The van der Waals surface area contributed by atoms with Gasteiger partial charge in [-0.1, -0.05) is 57.5 Å². The molecule has 0 N–H and O–H groups in total. The van der Waals surface area contributed by atoms with E-state index in [0.29, 0.717) is 5.69 Å². The number of aryl methyl sites for hydroxylation is 1. The summed E-state index contributed by atoms with van der Waals surface area (Å²) < 4.78 is 9.66. The fourth-order valence-electron chi connectivity index (χ4n) is 5.91. The number of esters is 1. The van der Waals surface area contributed by atoms with Crippen LogP contribution in [0.4, 0.5) is 0 Å². The van der Waals surface area contributed by atoms with Crippen molar-refractivity contribution < 1.29 is 18.7 Å². The molecule has 0 radical (unpaired) electrons. The van der Waals surface area contributed by atoms with Crippen LogP contribution in [0.15, 0.2) is 79.1 Å². The summed E-state index contributed by atoms with van der Waals surface area (Å²) in [5, 5.41) is 2.52. The lowest BCUT2D eigenvalue weighted by molar-refractivity contribution is -0.762. The van der Waals surface area contributed by atoms with Gasteiger partial charge in [0.05, 0.1) is 18.1 Å². The number of hydrogen-bond donors (Lipinski definition) is 0. The van der Waals surface area contributed by atoms with Crippen LogP contribution in [0.1, 0.15) is 68.1 Å². The Bertz CT molecular complexity index is 1500. The molecule has 4 aromatic rings. The van der Waals surface area contributed by atoms with Gasteiger partial charge in [-0.2, -0.15) is 9.13 Å². The van der Waals surface area contributed by atoms with Gasteiger partial charge >= 0.3 is 5.97 Å². The van der Waals surface area contributed by atoms with Gasteiger partial charge in [0, 0.05) is 37.1 Å². The Morgan fingerprint density at radius 2 is 1.70 bits per heavy atom. The molecule has 5 rings (SSSR count). The minimum absolute atomic E-state index is 0.344. The molecular formula is C33H36N2O2+2. The summed E-state index contributed by atoms with van der Waals surface area (Å²) in [6, 6.07) is 23.5. The molecule has 4 heteroatoms. The van der Waals surface area contributed by atoms with Crippen LogP contribution in [0.3, 0.4) is 0 Å². The molecule has 4 nitrogen and oxygen atoms in total. The second kappa shape index (κ2) is 10.3. The highest BCUT2D eigenvalue weighted by Crippen LogP contribution is 2.40. The normalized spacial score (nSPS) is 13.9. The Balaban J connectivity index is 1.85. The monoisotopic (exact) mass is 492 g/mol. The third-order valence-corrected chi connectivity index (χ3v) is 7.96. The zero-order chi connectivity index (χ0) is 26.0. The van der Waals surface area contributed by atoms with Gasteiger partial charge in [-0.05, 0) is 47.6 Å². The van der Waals surface area contributed by atoms with Gasteiger partial charge in [-0.3, -0.25) is 0 Å². The van der Waals surface area contributed by atoms with Gasteiger partial charge in [0.15, 0.2) is 12.4 Å². The molecule has 0 saturated carbocycles. The molecule has 3 heterocycles. The average molecular weight is 493 g/mol. The first kappa shape index (κ1) is 24.9. The van der Waals surface area contributed by atoms with Crippen LogP contribution in [0.25, 0.3) is 33.8 Å². The van der Waals surface area contributed by atoms with Crippen LogP contribution in [-0.4, -0.2) is 13.1 Å². The minimum Gasteiger partial charge on any atom is -0.461 e. The predicted molar refractivity (Wildman–Crippen MR) is 149 cm³/mol. The third-order valence-electron chi connectivity index (χ3n) is 7.96. The van der Waals surface area contributed by atoms with Crippen molar-refractivity contribution in [2.75, 3.05) is 7.11 Å². The number of fused-ring (bicyclic) bond motifs is 5. The van der Waals surface area contributed by atoms with E-state index in [-0.39, 0.29) is 11.5 Å². The molecule has 1 aliphatic heterocycles. The van der Waals surface area contributed by atoms with E-state index in [0.717, 1.165) is 30.5 Å². The van der Waals surface area contributed by atoms with Gasteiger partial charge < -0.3 is 4.74 Å². The standard InChI is InChI=1S/C33H36N2O2/c1-5-8-13-24-17-18-28-26(22-24)19-21-35-31(28)27-15-10-9-14-25(27)23-30(33(35,6-2)7-3)34-20-12-11-16-29(34)32(36)37-4/h9-12,14-23H,5-8,13H2,1-4H3/q+2. The summed E-state index contributed by atoms with van der Waals surface area (Å²) in [5.41, 5.74) is 6.16. The number of unbranched alkanes of at least 4 members (excludes halogenated alkanes) is 1. The summed E-state index contributed by atoms with van der Waals surface area (Å²) in [5.74, 6) is -0.344. The number of carbonyl (C=O) groups excluding carboxylic acids is 1. The molecule has 0 spiro atoms. The van der Waals surface area contributed by atoms with Crippen LogP contribution in [0.2, 0.25) is 0 Å². The van der Waals surface area contributed by atoms with E-state index in [9.17, 15) is 4.79 Å². The molecule has 0 saturated heterocycles. The van der Waals surface area contributed by atoms with Crippen LogP contribution in [0, 0.1) is 0 Å². The van der Waals surface area contributed by atoms with Gasteiger partial charge in [-0.25, -0.2) is 4.79 Å². The smallest absolute Gasteiger partial charge is 0.403 e. The molecule has 0 unspecified atom stereocenters. The van der Waals surface area contributed by atoms with Gasteiger partial charge in [0.25, 0.3) is 16.9 Å². The number of ether oxygens (including phenoxy) is 1. The van der Waals surface area contributed by atoms with Crippen molar-refractivity contribution >= 4 is 28.5 Å². The maximum atomic E-state index is 12.8. The van der Waals surface area contributed by atoms with Gasteiger partial charge in [0.1, 0.15) is 0 Å². The quantitative estimate of drug-likeness (QED) is 0.212. The predicted octanol–water partition coefficient (Wildman–Crippen LogP) is 6.74. The number of allylic oxidation sites excluding steroid dienone is 1. The zero-order valence-corrected chi connectivity index (χ0v) is 22.3. The first-order valence-corrected chi connectivity index (χ1v) is 13.5. The highest BCUT2D eigenvalue weighted by molar-refractivity contribution is 5.96. The van der Waals surface area contributed by atoms with Crippen molar-refractivity contribution in [2.45, 2.75) is 58.4 Å². The topological polar surface area (TPSA) is 34.1 Å². The highest BCUT2D eigenvalue weighted by atomic mass is 16.5. The summed E-state index contributed by atoms with van der Waals surface area (Å²) in [6.45, 7) is 6.72. The lowest BCUT2D eigenvalue weighted by Crippen LogP contribution is -2.62. The number of benzene rings is 2. The average Bonchev–Trinajstić information content (AvgIpc) is 3.08. The Kier molecular flexibility index (Phi) is 6.92. The summed E-state index contributed by atoms with van der Waals surface area (Å²) in [7, 11) is 1.44. The first-order chi connectivity index (χ1) is 18.1. The molecule has 0 bridgehead atoms. The number of methoxy groups -OCH3 is 1. The molecule has 188 valence electrons. The van der Waals surface area contributed by atoms with Crippen molar-refractivity contribution in [1.29, 1.82) is 0 Å². The fourth-order valence-corrected chi connectivity index (χ4v) is 5.91. The number of nitrogens with zero attached hydrogens (tertiary/aromatic N) is 2. The lowest BCUT2D eigenvalue weighted by atomic mass is 9.86. The van der Waals surface area contributed by atoms with E-state index >= 15 is 0 Å². The van der Waals surface area contributed by atoms with Crippen molar-refractivity contribution in [3.63, 3.8) is 0 Å². The van der Waals surface area contributed by atoms with E-state index in [2.05, 4.69) is 86.1 Å². The van der Waals surface area contributed by atoms with Crippen molar-refractivity contribution in [3.05, 3.63) is 95.9 Å². The van der Waals surface area contributed by atoms with E-state index < -0.39 is 0 Å². The van der Waals surface area contributed by atoms with Gasteiger partial charge in [0.2, 0.25) is 5.69 Å². The molecule has 37 heavy (non-hydrogen) atoms. The Morgan fingerprint density at radius 3 is 2.46 bits per heavy atom. The number of hydrogen-bond acceptors (Lipinski definition) is 2. The largest absolute Gasteiger partial charge is 0.461 e. The number of rotatable bonds is 7. The van der Waals surface area contributed by atoms with E-state index in [1.165, 1.54) is 47.5 Å². The van der Waals surface area contributed by atoms with Crippen LogP contribution in [0.5, 0.6) is 0 Å². The van der Waals surface area contributed by atoms with Crippen molar-refractivity contribution in [1.82, 2.24) is 0 Å². The Hall–Kier alpha value is -3.79. The molecule has 0 atom stereocenters. The molecule has 2 aromatic carbocycles. The summed E-state index contributed by atoms with van der Waals surface area (Å²) in [6.07, 6.45) is 11.7. The molecule has 0 aliphatic carbocycles. The number of carbonyl (C=O) groups is 1. The molecule has 1 aliphatic rings. The number of aromatic nitrogens is 2. The molecular weight excluding hydrogens is 456 g/mol. The number of pyridine rings is 2. The molecule has 0 amide bonds. The van der Waals surface area contributed by atoms with Crippen molar-refractivity contribution in [2.24, 2.45) is 0 Å². The first-order valence-electron chi connectivity index (χ1n) is 13.5. The molecule has 2 aromatic heterocycles. The van der Waals surface area contributed by atoms with E-state index in [4.69, 9.17) is 4.74 Å². The second-order valence-corrected chi connectivity index (χ2v) is 9.86. The third kappa shape index (κ3) is 4.15. The zero-order valence-electron chi connectivity index (χ0n) is 22.3. The van der Waals surface area contributed by atoms with Crippen LogP contribution >= 0.6 is 0 Å². The second-order valence-electron chi connectivity index (χ2n) is 9.86. The maximum Gasteiger partial charge on any atom is 0.403 e. The van der Waals surface area contributed by atoms with E-state index in [1.54, 1.807) is 0 Å². The summed E-state index contributed by atoms with van der Waals surface area (Å²) >= 11 is 0. The maximum absolute atomic E-state index is 12.8. The van der Waals surface area contributed by atoms with E-state index in [1.807, 2.05) is 29.0 Å². The van der Waals surface area contributed by atoms with Crippen LogP contribution in [-0.2, 0) is 16.7 Å². The van der Waals surface area contributed by atoms with Gasteiger partial charge in [-0.15, -0.1) is 0 Å². The lowest BCUT2D eigenvalue weighted by Gasteiger charge is -2.26. The fraction of sp³-hybridized carbons (Fsp3) is 0.303. The van der Waals surface area contributed by atoms with Crippen LogP contribution < -0.4 is 9.13 Å². The Labute approximate surface area is 219 Å². The highest BCUT2D eigenvalue weighted by Gasteiger charge is 2.51. The minimum atomic E-state index is -0.377. The Morgan fingerprint density at radius 1 is 0.919 bits per heavy atom. The van der Waals surface area contributed by atoms with Crippen molar-refractivity contribution in [3.8, 4) is 11.3 Å².